The Bertz CT molecular complexity index is 958. The average Bonchev–Trinajstić information content (AvgIpc) is 2.60. The number of nitrogens with zero attached hydrogens (tertiary/aromatic N) is 2. The summed E-state index contributed by atoms with van der Waals surface area (Å²) in [6, 6.07) is 10.8. The van der Waals surface area contributed by atoms with E-state index in [-0.39, 0.29) is 5.91 Å². The monoisotopic (exact) mass is 386 g/mol. The fourth-order valence-electron chi connectivity index (χ4n) is 2.36. The number of halogens is 2. The number of aryl methyl sites for hydroxylation is 2. The Morgan fingerprint density at radius 2 is 1.42 bits per heavy atom. The van der Waals surface area contributed by atoms with Crippen molar-refractivity contribution < 1.29 is 4.79 Å². The Morgan fingerprint density at radius 1 is 0.885 bits per heavy atom. The molecule has 0 unspecified atom stereocenters. The molecule has 0 radical (unpaired) electrons. The van der Waals surface area contributed by atoms with Crippen molar-refractivity contribution in [2.24, 2.45) is 0 Å². The molecule has 1 aromatic heterocycles. The topological polar surface area (TPSA) is 66.9 Å². The van der Waals surface area contributed by atoms with Crippen LogP contribution in [0, 0.1) is 13.8 Å². The first-order chi connectivity index (χ1) is 12.4. The van der Waals surface area contributed by atoms with E-state index in [2.05, 4.69) is 20.6 Å². The third kappa shape index (κ3) is 4.31. The molecule has 0 fully saturated rings. The van der Waals surface area contributed by atoms with Gasteiger partial charge in [0.2, 0.25) is 5.95 Å². The van der Waals surface area contributed by atoms with Gasteiger partial charge in [-0.3, -0.25) is 4.79 Å². The normalized spacial score (nSPS) is 10.5. The molecule has 3 rings (SSSR count). The predicted octanol–water partition coefficient (Wildman–Crippen LogP) is 5.40. The van der Waals surface area contributed by atoms with Gasteiger partial charge in [0.05, 0.1) is 5.56 Å². The van der Waals surface area contributed by atoms with Crippen LogP contribution in [-0.2, 0) is 0 Å². The summed E-state index contributed by atoms with van der Waals surface area (Å²) in [4.78, 5) is 20.8. The maximum Gasteiger partial charge on any atom is 0.258 e. The maximum atomic E-state index is 12.4. The second-order valence-electron chi connectivity index (χ2n) is 5.79. The minimum atomic E-state index is -0.287. The van der Waals surface area contributed by atoms with Gasteiger partial charge in [0.15, 0.2) is 0 Å². The highest BCUT2D eigenvalue weighted by Crippen LogP contribution is 2.22. The summed E-state index contributed by atoms with van der Waals surface area (Å²) in [6.45, 7) is 3.81. The van der Waals surface area contributed by atoms with E-state index in [0.29, 0.717) is 27.2 Å². The van der Waals surface area contributed by atoms with Gasteiger partial charge in [-0.15, -0.1) is 0 Å². The third-order valence-corrected chi connectivity index (χ3v) is 4.26. The number of hydrogen-bond acceptors (Lipinski definition) is 4. The van der Waals surface area contributed by atoms with E-state index < -0.39 is 0 Å². The number of amides is 1. The minimum Gasteiger partial charge on any atom is -0.324 e. The molecule has 3 aromatic rings. The zero-order valence-corrected chi connectivity index (χ0v) is 15.7. The summed E-state index contributed by atoms with van der Waals surface area (Å²) in [7, 11) is 0. The van der Waals surface area contributed by atoms with E-state index in [4.69, 9.17) is 23.2 Å². The molecular weight excluding hydrogens is 371 g/mol. The second kappa shape index (κ2) is 7.72. The van der Waals surface area contributed by atoms with Gasteiger partial charge in [-0.2, -0.15) is 0 Å². The highest BCUT2D eigenvalue weighted by molar-refractivity contribution is 6.31. The smallest absolute Gasteiger partial charge is 0.258 e. The molecule has 0 saturated carbocycles. The van der Waals surface area contributed by atoms with Crippen molar-refractivity contribution in [2.45, 2.75) is 13.8 Å². The number of carbonyl (C=O) groups is 1. The van der Waals surface area contributed by atoms with Crippen LogP contribution in [0.2, 0.25) is 10.0 Å². The summed E-state index contributed by atoms with van der Waals surface area (Å²) in [5.41, 5.74) is 3.75. The summed E-state index contributed by atoms with van der Waals surface area (Å²) in [5, 5.41) is 7.22. The summed E-state index contributed by atoms with van der Waals surface area (Å²) in [6.07, 6.45) is 2.95. The van der Waals surface area contributed by atoms with Gasteiger partial charge < -0.3 is 10.6 Å². The lowest BCUT2D eigenvalue weighted by atomic mass is 10.2. The number of anilines is 3. The first-order valence-corrected chi connectivity index (χ1v) is 8.61. The molecule has 0 bridgehead atoms. The second-order valence-corrected chi connectivity index (χ2v) is 6.67. The Balaban J connectivity index is 1.71. The van der Waals surface area contributed by atoms with Crippen molar-refractivity contribution in [3.8, 4) is 0 Å². The Hall–Kier alpha value is -2.63. The molecule has 0 saturated heterocycles. The fraction of sp³-hybridized carbons (Fsp3) is 0.105. The minimum absolute atomic E-state index is 0.287. The van der Waals surface area contributed by atoms with Crippen molar-refractivity contribution >= 4 is 46.4 Å². The van der Waals surface area contributed by atoms with Gasteiger partial charge in [-0.05, 0) is 61.4 Å². The lowest BCUT2D eigenvalue weighted by molar-refractivity contribution is 0.102. The van der Waals surface area contributed by atoms with Crippen molar-refractivity contribution in [3.05, 3.63) is 75.5 Å². The molecule has 5 nitrogen and oxygen atoms in total. The molecule has 2 N–H and O–H groups in total. The van der Waals surface area contributed by atoms with Gasteiger partial charge in [0.25, 0.3) is 5.91 Å². The van der Waals surface area contributed by atoms with Crippen molar-refractivity contribution in [2.75, 3.05) is 10.6 Å². The zero-order chi connectivity index (χ0) is 18.7. The van der Waals surface area contributed by atoms with Crippen molar-refractivity contribution in [1.29, 1.82) is 0 Å². The first-order valence-electron chi connectivity index (χ1n) is 7.85. The van der Waals surface area contributed by atoms with Gasteiger partial charge in [0, 0.05) is 33.8 Å². The molecule has 0 aliphatic rings. The van der Waals surface area contributed by atoms with E-state index in [1.807, 2.05) is 26.0 Å². The fourth-order valence-corrected chi connectivity index (χ4v) is 2.81. The molecule has 0 atom stereocenters. The molecule has 26 heavy (non-hydrogen) atoms. The van der Waals surface area contributed by atoms with Crippen molar-refractivity contribution in [1.82, 2.24) is 9.97 Å². The highest BCUT2D eigenvalue weighted by Gasteiger charge is 2.10. The van der Waals surface area contributed by atoms with Crippen LogP contribution in [0.25, 0.3) is 0 Å². The molecular formula is C19H16Cl2N4O. The van der Waals surface area contributed by atoms with Crippen LogP contribution in [0.4, 0.5) is 17.3 Å². The number of carbonyl (C=O) groups excluding carboxylic acids is 1. The standard InChI is InChI=1S/C19H16Cl2N4O/c1-11-7-14(20)3-5-16(11)24-18(26)13-9-22-19(23-10-13)25-17-6-4-15(21)8-12(17)2/h3-10H,1-2H3,(H,24,26)(H,22,23,25). The van der Waals surface area contributed by atoms with Gasteiger partial charge in [0.1, 0.15) is 0 Å². The quantitative estimate of drug-likeness (QED) is 0.629. The molecule has 132 valence electrons. The lowest BCUT2D eigenvalue weighted by Gasteiger charge is -2.10. The molecule has 1 heterocycles. The van der Waals surface area contributed by atoms with E-state index >= 15 is 0 Å². The number of benzene rings is 2. The van der Waals surface area contributed by atoms with Crippen LogP contribution in [0.1, 0.15) is 21.5 Å². The van der Waals surface area contributed by atoms with Crippen LogP contribution in [0.15, 0.2) is 48.8 Å². The third-order valence-electron chi connectivity index (χ3n) is 3.79. The number of hydrogen-bond donors (Lipinski definition) is 2. The summed E-state index contributed by atoms with van der Waals surface area (Å²) < 4.78 is 0. The maximum absolute atomic E-state index is 12.4. The highest BCUT2D eigenvalue weighted by atomic mass is 35.5. The first kappa shape index (κ1) is 18.2. The Morgan fingerprint density at radius 3 is 1.96 bits per heavy atom. The van der Waals surface area contributed by atoms with E-state index in [1.54, 1.807) is 24.3 Å². The van der Waals surface area contributed by atoms with Gasteiger partial charge in [-0.25, -0.2) is 9.97 Å². The van der Waals surface area contributed by atoms with E-state index in [1.165, 1.54) is 12.4 Å². The van der Waals surface area contributed by atoms with Crippen LogP contribution in [-0.4, -0.2) is 15.9 Å². The molecule has 0 spiro atoms. The molecule has 7 heteroatoms. The Labute approximate surface area is 161 Å². The summed E-state index contributed by atoms with van der Waals surface area (Å²) in [5.74, 6) is 0.110. The van der Waals surface area contributed by atoms with Crippen LogP contribution in [0.3, 0.4) is 0 Å². The van der Waals surface area contributed by atoms with E-state index in [9.17, 15) is 4.79 Å². The molecule has 1 amide bonds. The number of nitrogens with one attached hydrogen (secondary N) is 2. The number of aromatic nitrogens is 2. The van der Waals surface area contributed by atoms with Crippen LogP contribution >= 0.6 is 23.2 Å². The number of rotatable bonds is 4. The largest absolute Gasteiger partial charge is 0.324 e. The van der Waals surface area contributed by atoms with Crippen LogP contribution < -0.4 is 10.6 Å². The average molecular weight is 387 g/mol. The van der Waals surface area contributed by atoms with E-state index in [0.717, 1.165) is 16.8 Å². The molecule has 2 aromatic carbocycles. The van der Waals surface area contributed by atoms with Crippen molar-refractivity contribution in [3.63, 3.8) is 0 Å². The molecule has 0 aliphatic heterocycles. The lowest BCUT2D eigenvalue weighted by Crippen LogP contribution is -2.14. The van der Waals surface area contributed by atoms with Gasteiger partial charge in [-0.1, -0.05) is 23.2 Å². The predicted molar refractivity (Wildman–Crippen MR) is 106 cm³/mol. The SMILES string of the molecule is Cc1cc(Cl)ccc1NC(=O)c1cnc(Nc2ccc(Cl)cc2C)nc1. The molecule has 0 aliphatic carbocycles. The Kier molecular flexibility index (Phi) is 5.40. The zero-order valence-electron chi connectivity index (χ0n) is 14.2. The summed E-state index contributed by atoms with van der Waals surface area (Å²) >= 11 is 11.9. The van der Waals surface area contributed by atoms with Gasteiger partial charge >= 0.3 is 0 Å². The van der Waals surface area contributed by atoms with Crippen LogP contribution in [0.5, 0.6) is 0 Å².